The molecular formula is C29H38F3NO. The fourth-order valence-electron chi connectivity index (χ4n) is 7.22. The summed E-state index contributed by atoms with van der Waals surface area (Å²) < 4.78 is 48.8. The van der Waals surface area contributed by atoms with Gasteiger partial charge >= 0.3 is 6.18 Å². The number of fused-ring (bicyclic) bond motifs is 3. The molecule has 0 aromatic heterocycles. The molecule has 1 aliphatic carbocycles. The molecule has 34 heavy (non-hydrogen) atoms. The standard InChI is InChI=1S/C29H38F3NO/c1-18-11-19(2)15-25(14-18)34-27-10-8-22-16-21(7-9-26(22)28(27)29(30,31)32)17-33-23-5-4-6-24(33)13-20(3)12-23/h7-10,16,18-20,23-25H,4-6,11-15,17H2,1-3H3. The van der Waals surface area contributed by atoms with E-state index in [2.05, 4.69) is 25.7 Å². The molecule has 2 bridgehead atoms. The third kappa shape index (κ3) is 4.96. The topological polar surface area (TPSA) is 12.5 Å². The van der Waals surface area contributed by atoms with Gasteiger partial charge in [-0.25, -0.2) is 0 Å². The maximum absolute atomic E-state index is 14.3. The van der Waals surface area contributed by atoms with Crippen LogP contribution >= 0.6 is 0 Å². The van der Waals surface area contributed by atoms with Crippen molar-refractivity contribution in [2.75, 3.05) is 0 Å². The Balaban J connectivity index is 1.43. The first-order chi connectivity index (χ1) is 16.2. The van der Waals surface area contributed by atoms with Crippen LogP contribution in [0.3, 0.4) is 0 Å². The third-order valence-corrected chi connectivity index (χ3v) is 8.49. The Morgan fingerprint density at radius 3 is 2.15 bits per heavy atom. The summed E-state index contributed by atoms with van der Waals surface area (Å²) in [4.78, 5) is 2.62. The number of hydrogen-bond acceptors (Lipinski definition) is 2. The van der Waals surface area contributed by atoms with Crippen LogP contribution in [0.15, 0.2) is 30.3 Å². The third-order valence-electron chi connectivity index (χ3n) is 8.49. The van der Waals surface area contributed by atoms with E-state index in [1.165, 1.54) is 32.1 Å². The molecule has 4 atom stereocenters. The molecule has 2 aromatic carbocycles. The van der Waals surface area contributed by atoms with E-state index < -0.39 is 11.7 Å². The first-order valence-corrected chi connectivity index (χ1v) is 13.2. The van der Waals surface area contributed by atoms with Crippen LogP contribution in [0.2, 0.25) is 0 Å². The second kappa shape index (κ2) is 9.37. The predicted octanol–water partition coefficient (Wildman–Crippen LogP) is 8.22. The van der Waals surface area contributed by atoms with Gasteiger partial charge in [0.15, 0.2) is 0 Å². The molecule has 2 saturated heterocycles. The Hall–Kier alpha value is -1.75. The number of halogens is 3. The van der Waals surface area contributed by atoms with Gasteiger partial charge in [-0.05, 0) is 91.2 Å². The molecule has 0 spiro atoms. The molecule has 0 amide bonds. The summed E-state index contributed by atoms with van der Waals surface area (Å²) in [5.74, 6) is 1.70. The zero-order valence-electron chi connectivity index (χ0n) is 20.7. The van der Waals surface area contributed by atoms with Gasteiger partial charge in [0.25, 0.3) is 0 Å². The SMILES string of the molecule is CC1CC(C)CC(Oc2ccc3cc(CN4C5CCCC4CC(C)C5)ccc3c2C(F)(F)F)C1. The average molecular weight is 474 g/mol. The highest BCUT2D eigenvalue weighted by Crippen LogP contribution is 2.44. The molecule has 2 heterocycles. The second-order valence-corrected chi connectivity index (χ2v) is 11.6. The largest absolute Gasteiger partial charge is 0.490 e. The lowest BCUT2D eigenvalue weighted by Gasteiger charge is -2.48. The van der Waals surface area contributed by atoms with E-state index in [9.17, 15) is 13.2 Å². The fourth-order valence-corrected chi connectivity index (χ4v) is 7.22. The van der Waals surface area contributed by atoms with Gasteiger partial charge in [0.05, 0.1) is 6.10 Å². The minimum absolute atomic E-state index is 0.0152. The van der Waals surface area contributed by atoms with E-state index in [4.69, 9.17) is 4.74 Å². The van der Waals surface area contributed by atoms with Crippen molar-refractivity contribution < 1.29 is 17.9 Å². The van der Waals surface area contributed by atoms with Crippen molar-refractivity contribution in [2.45, 2.75) is 103 Å². The molecule has 0 N–H and O–H groups in total. The van der Waals surface area contributed by atoms with Crippen molar-refractivity contribution in [3.8, 4) is 5.75 Å². The van der Waals surface area contributed by atoms with Crippen molar-refractivity contribution in [1.82, 2.24) is 4.90 Å². The molecule has 3 aliphatic rings. The molecule has 1 saturated carbocycles. The molecular weight excluding hydrogens is 435 g/mol. The summed E-state index contributed by atoms with van der Waals surface area (Å²) in [6.07, 6.45) is 4.39. The predicted molar refractivity (Wildman–Crippen MR) is 131 cm³/mol. The average Bonchev–Trinajstić information content (AvgIpc) is 2.72. The van der Waals surface area contributed by atoms with Crippen molar-refractivity contribution in [2.24, 2.45) is 17.8 Å². The second-order valence-electron chi connectivity index (χ2n) is 11.6. The van der Waals surface area contributed by atoms with Gasteiger partial charge in [-0.3, -0.25) is 4.90 Å². The van der Waals surface area contributed by atoms with Crippen molar-refractivity contribution in [3.63, 3.8) is 0 Å². The summed E-state index contributed by atoms with van der Waals surface area (Å²) >= 11 is 0. The Labute approximate surface area is 201 Å². The summed E-state index contributed by atoms with van der Waals surface area (Å²) in [7, 11) is 0. The summed E-state index contributed by atoms with van der Waals surface area (Å²) in [5.41, 5.74) is 0.488. The molecule has 5 heteroatoms. The van der Waals surface area contributed by atoms with E-state index in [1.54, 1.807) is 12.1 Å². The van der Waals surface area contributed by atoms with Crippen LogP contribution in [0, 0.1) is 17.8 Å². The number of nitrogens with zero attached hydrogens (tertiary/aromatic N) is 1. The van der Waals surface area contributed by atoms with Gasteiger partial charge in [0.2, 0.25) is 0 Å². The number of piperidine rings is 2. The van der Waals surface area contributed by atoms with Crippen LogP contribution < -0.4 is 4.74 Å². The number of hydrogen-bond donors (Lipinski definition) is 0. The van der Waals surface area contributed by atoms with Crippen LogP contribution in [-0.2, 0) is 12.7 Å². The van der Waals surface area contributed by atoms with Crippen LogP contribution in [0.5, 0.6) is 5.75 Å². The van der Waals surface area contributed by atoms with Crippen LogP contribution in [0.4, 0.5) is 13.2 Å². The summed E-state index contributed by atoms with van der Waals surface area (Å²) in [6, 6.07) is 10.1. The van der Waals surface area contributed by atoms with Gasteiger partial charge in [-0.15, -0.1) is 0 Å². The van der Waals surface area contributed by atoms with E-state index in [0.717, 1.165) is 37.3 Å². The zero-order chi connectivity index (χ0) is 24.0. The quantitative estimate of drug-likeness (QED) is 0.444. The number of alkyl halides is 3. The van der Waals surface area contributed by atoms with Gasteiger partial charge in [0, 0.05) is 18.6 Å². The maximum atomic E-state index is 14.3. The molecule has 2 aromatic rings. The van der Waals surface area contributed by atoms with Crippen LogP contribution in [-0.4, -0.2) is 23.1 Å². The summed E-state index contributed by atoms with van der Waals surface area (Å²) in [5, 5.41) is 0.899. The zero-order valence-corrected chi connectivity index (χ0v) is 20.7. The lowest BCUT2D eigenvalue weighted by atomic mass is 9.79. The van der Waals surface area contributed by atoms with Gasteiger partial charge in [-0.2, -0.15) is 13.2 Å². The van der Waals surface area contributed by atoms with Crippen molar-refractivity contribution in [1.29, 1.82) is 0 Å². The molecule has 186 valence electrons. The smallest absolute Gasteiger partial charge is 0.420 e. The van der Waals surface area contributed by atoms with Crippen molar-refractivity contribution >= 4 is 10.8 Å². The Morgan fingerprint density at radius 2 is 1.50 bits per heavy atom. The molecule has 2 aliphatic heterocycles. The van der Waals surface area contributed by atoms with Crippen LogP contribution in [0.25, 0.3) is 10.8 Å². The molecule has 2 nitrogen and oxygen atoms in total. The fraction of sp³-hybridized carbons (Fsp3) is 0.655. The highest BCUT2D eigenvalue weighted by atomic mass is 19.4. The first-order valence-electron chi connectivity index (χ1n) is 13.2. The first kappa shape index (κ1) is 24.0. The Kier molecular flexibility index (Phi) is 6.60. The van der Waals surface area contributed by atoms with Crippen molar-refractivity contribution in [3.05, 3.63) is 41.5 Å². The summed E-state index contributed by atoms with van der Waals surface area (Å²) in [6.45, 7) is 7.51. The normalized spacial score (nSPS) is 32.6. The number of ether oxygens (including phenoxy) is 1. The Morgan fingerprint density at radius 1 is 0.853 bits per heavy atom. The van der Waals surface area contributed by atoms with Gasteiger partial charge in [0.1, 0.15) is 11.3 Å². The minimum atomic E-state index is -4.46. The monoisotopic (exact) mass is 473 g/mol. The lowest BCUT2D eigenvalue weighted by molar-refractivity contribution is -0.138. The highest BCUT2D eigenvalue weighted by Gasteiger charge is 2.39. The van der Waals surface area contributed by atoms with Crippen LogP contribution in [0.1, 0.15) is 83.3 Å². The molecule has 0 radical (unpaired) electrons. The van der Waals surface area contributed by atoms with E-state index in [1.807, 2.05) is 18.2 Å². The lowest BCUT2D eigenvalue weighted by Crippen LogP contribution is -2.51. The molecule has 4 unspecified atom stereocenters. The maximum Gasteiger partial charge on any atom is 0.420 e. The highest BCUT2D eigenvalue weighted by molar-refractivity contribution is 5.89. The van der Waals surface area contributed by atoms with E-state index in [-0.39, 0.29) is 17.2 Å². The number of benzene rings is 2. The number of rotatable bonds is 4. The van der Waals surface area contributed by atoms with E-state index >= 15 is 0 Å². The minimum Gasteiger partial charge on any atom is -0.490 e. The molecule has 3 fully saturated rings. The van der Waals surface area contributed by atoms with E-state index in [0.29, 0.717) is 29.3 Å². The van der Waals surface area contributed by atoms with Gasteiger partial charge < -0.3 is 4.74 Å². The molecule has 5 rings (SSSR count). The van der Waals surface area contributed by atoms with Gasteiger partial charge in [-0.1, -0.05) is 45.4 Å². The Bertz CT molecular complexity index is 994.